The van der Waals surface area contributed by atoms with Crippen LogP contribution in [0.25, 0.3) is 0 Å². The Kier molecular flexibility index (Phi) is 4.16. The molecule has 0 unspecified atom stereocenters. The topological polar surface area (TPSA) is 45.2 Å². The fourth-order valence-electron chi connectivity index (χ4n) is 1.75. The number of anilines is 2. The van der Waals surface area contributed by atoms with Crippen molar-refractivity contribution in [3.8, 4) is 0 Å². The van der Waals surface area contributed by atoms with Crippen LogP contribution in [-0.4, -0.2) is 25.0 Å². The maximum atomic E-state index is 12.5. The Morgan fingerprint density at radius 2 is 2.00 bits per heavy atom. The van der Waals surface area contributed by atoms with Gasteiger partial charge in [-0.05, 0) is 34.1 Å². The van der Waals surface area contributed by atoms with E-state index < -0.39 is 0 Å². The first-order valence-electron chi connectivity index (χ1n) is 5.80. The van der Waals surface area contributed by atoms with Gasteiger partial charge < -0.3 is 10.2 Å². The summed E-state index contributed by atoms with van der Waals surface area (Å²) in [5, 5.41) is 2.93. The Labute approximate surface area is 120 Å². The van der Waals surface area contributed by atoms with Crippen molar-refractivity contribution in [3.63, 3.8) is 0 Å². The minimum atomic E-state index is -0.107. The predicted molar refractivity (Wildman–Crippen MR) is 80.7 cm³/mol. The molecule has 1 heterocycles. The summed E-state index contributed by atoms with van der Waals surface area (Å²) in [6, 6.07) is 11.3. The van der Waals surface area contributed by atoms with E-state index in [0.717, 1.165) is 10.2 Å². The molecule has 19 heavy (non-hydrogen) atoms. The smallest absolute Gasteiger partial charge is 0.261 e. The van der Waals surface area contributed by atoms with Crippen molar-refractivity contribution in [2.24, 2.45) is 0 Å². The summed E-state index contributed by atoms with van der Waals surface area (Å²) in [4.78, 5) is 18.3. The lowest BCUT2D eigenvalue weighted by Gasteiger charge is -2.18. The second kappa shape index (κ2) is 5.84. The first-order chi connectivity index (χ1) is 9.13. The molecule has 4 nitrogen and oxygen atoms in total. The highest BCUT2D eigenvalue weighted by Crippen LogP contribution is 2.21. The van der Waals surface area contributed by atoms with Gasteiger partial charge in [0.1, 0.15) is 5.82 Å². The van der Waals surface area contributed by atoms with Crippen LogP contribution in [0.2, 0.25) is 0 Å². The second-order valence-electron chi connectivity index (χ2n) is 4.00. The van der Waals surface area contributed by atoms with Crippen LogP contribution < -0.4 is 10.2 Å². The lowest BCUT2D eigenvalue weighted by Crippen LogP contribution is -2.27. The number of amides is 1. The van der Waals surface area contributed by atoms with Crippen molar-refractivity contribution in [1.29, 1.82) is 0 Å². The molecule has 0 fully saturated rings. The molecule has 0 aliphatic rings. The van der Waals surface area contributed by atoms with Gasteiger partial charge in [0.05, 0.1) is 5.56 Å². The average Bonchev–Trinajstić information content (AvgIpc) is 2.46. The van der Waals surface area contributed by atoms with E-state index in [1.165, 1.54) is 0 Å². The van der Waals surface area contributed by atoms with Crippen molar-refractivity contribution in [2.45, 2.75) is 0 Å². The lowest BCUT2D eigenvalue weighted by atomic mass is 10.2. The maximum Gasteiger partial charge on any atom is 0.261 e. The number of halogens is 1. The minimum absolute atomic E-state index is 0.107. The summed E-state index contributed by atoms with van der Waals surface area (Å²) in [6.07, 6.45) is 1.66. The highest BCUT2D eigenvalue weighted by molar-refractivity contribution is 9.10. The molecule has 0 saturated heterocycles. The van der Waals surface area contributed by atoms with E-state index in [-0.39, 0.29) is 5.91 Å². The number of para-hydroxylation sites is 1. The molecule has 1 aromatic carbocycles. The molecule has 1 amide bonds. The van der Waals surface area contributed by atoms with Crippen molar-refractivity contribution in [3.05, 3.63) is 52.6 Å². The van der Waals surface area contributed by atoms with Crippen LogP contribution in [0.3, 0.4) is 0 Å². The molecule has 5 heteroatoms. The third kappa shape index (κ3) is 2.93. The van der Waals surface area contributed by atoms with Crippen LogP contribution in [0.1, 0.15) is 10.4 Å². The van der Waals surface area contributed by atoms with Gasteiger partial charge in [0.15, 0.2) is 0 Å². The van der Waals surface area contributed by atoms with Crippen LogP contribution in [0.4, 0.5) is 11.5 Å². The standard InChI is InChI=1S/C14H14BrN3O/c1-16-13-12(8-10(15)9-17-13)14(19)18(2)11-6-4-3-5-7-11/h3-9H,1-2H3,(H,16,17). The second-order valence-corrected chi connectivity index (χ2v) is 4.92. The number of nitrogens with zero attached hydrogens (tertiary/aromatic N) is 2. The summed E-state index contributed by atoms with van der Waals surface area (Å²) in [5.74, 6) is 0.459. The predicted octanol–water partition coefficient (Wildman–Crippen LogP) is 3.16. The van der Waals surface area contributed by atoms with Crippen LogP contribution in [0.5, 0.6) is 0 Å². The summed E-state index contributed by atoms with van der Waals surface area (Å²) < 4.78 is 0.774. The molecule has 0 spiro atoms. The molecule has 1 aromatic heterocycles. The van der Waals surface area contributed by atoms with Gasteiger partial charge in [-0.15, -0.1) is 0 Å². The Balaban J connectivity index is 2.37. The number of aromatic nitrogens is 1. The maximum absolute atomic E-state index is 12.5. The number of pyridine rings is 1. The van der Waals surface area contributed by atoms with Gasteiger partial charge in [0.2, 0.25) is 0 Å². The molecule has 0 atom stereocenters. The van der Waals surface area contributed by atoms with Gasteiger partial charge >= 0.3 is 0 Å². The molecule has 0 radical (unpaired) electrons. The van der Waals surface area contributed by atoms with Gasteiger partial charge in [0.25, 0.3) is 5.91 Å². The third-order valence-corrected chi connectivity index (χ3v) is 3.20. The summed E-state index contributed by atoms with van der Waals surface area (Å²) in [5.41, 5.74) is 1.37. The summed E-state index contributed by atoms with van der Waals surface area (Å²) >= 11 is 3.34. The number of hydrogen-bond donors (Lipinski definition) is 1. The van der Waals surface area contributed by atoms with Gasteiger partial charge in [-0.25, -0.2) is 4.98 Å². The van der Waals surface area contributed by atoms with Crippen LogP contribution in [0.15, 0.2) is 47.1 Å². The van der Waals surface area contributed by atoms with Gasteiger partial charge in [0, 0.05) is 30.5 Å². The zero-order valence-electron chi connectivity index (χ0n) is 10.7. The SMILES string of the molecule is CNc1ncc(Br)cc1C(=O)N(C)c1ccccc1. The molecule has 2 aromatic rings. The Bertz CT molecular complexity index is 586. The fraction of sp³-hybridized carbons (Fsp3) is 0.143. The Hall–Kier alpha value is -1.88. The highest BCUT2D eigenvalue weighted by Gasteiger charge is 2.18. The van der Waals surface area contributed by atoms with Crippen molar-refractivity contribution < 1.29 is 4.79 Å². The minimum Gasteiger partial charge on any atom is -0.372 e. The van der Waals surface area contributed by atoms with Crippen molar-refractivity contribution in [2.75, 3.05) is 24.3 Å². The van der Waals surface area contributed by atoms with E-state index in [1.54, 1.807) is 31.3 Å². The number of nitrogens with one attached hydrogen (secondary N) is 1. The molecule has 0 bridgehead atoms. The van der Waals surface area contributed by atoms with Crippen molar-refractivity contribution in [1.82, 2.24) is 4.98 Å². The Morgan fingerprint density at radius 1 is 1.32 bits per heavy atom. The molecule has 98 valence electrons. The first kappa shape index (κ1) is 13.5. The van der Waals surface area contributed by atoms with Crippen molar-refractivity contribution >= 4 is 33.3 Å². The summed E-state index contributed by atoms with van der Waals surface area (Å²) in [6.45, 7) is 0. The van der Waals surface area contributed by atoms with Gasteiger partial charge in [-0.3, -0.25) is 4.79 Å². The fourth-order valence-corrected chi connectivity index (χ4v) is 2.08. The zero-order chi connectivity index (χ0) is 13.8. The number of carbonyl (C=O) groups excluding carboxylic acids is 1. The first-order valence-corrected chi connectivity index (χ1v) is 6.59. The molecule has 2 rings (SSSR count). The molecule has 0 aliphatic heterocycles. The zero-order valence-corrected chi connectivity index (χ0v) is 12.3. The quantitative estimate of drug-likeness (QED) is 0.945. The van der Waals surface area contributed by atoms with E-state index in [9.17, 15) is 4.79 Å². The van der Waals surface area contributed by atoms with Gasteiger partial charge in [-0.1, -0.05) is 18.2 Å². The largest absolute Gasteiger partial charge is 0.372 e. The average molecular weight is 320 g/mol. The number of carbonyl (C=O) groups is 1. The van der Waals surface area contributed by atoms with E-state index in [4.69, 9.17) is 0 Å². The molecule has 1 N–H and O–H groups in total. The monoisotopic (exact) mass is 319 g/mol. The van der Waals surface area contributed by atoms with E-state index >= 15 is 0 Å². The van der Waals surface area contributed by atoms with Crippen LogP contribution >= 0.6 is 15.9 Å². The molecule has 0 aliphatic carbocycles. The normalized spacial score (nSPS) is 10.1. The van der Waals surface area contributed by atoms with E-state index in [2.05, 4.69) is 26.2 Å². The molecular formula is C14H14BrN3O. The van der Waals surface area contributed by atoms with Crippen LogP contribution in [0, 0.1) is 0 Å². The summed E-state index contributed by atoms with van der Waals surface area (Å²) in [7, 11) is 3.49. The molecular weight excluding hydrogens is 306 g/mol. The van der Waals surface area contributed by atoms with E-state index in [1.807, 2.05) is 30.3 Å². The lowest BCUT2D eigenvalue weighted by molar-refractivity contribution is 0.0993. The van der Waals surface area contributed by atoms with Gasteiger partial charge in [-0.2, -0.15) is 0 Å². The molecule has 0 saturated carbocycles. The Morgan fingerprint density at radius 3 is 2.63 bits per heavy atom. The number of hydrogen-bond acceptors (Lipinski definition) is 3. The number of rotatable bonds is 3. The number of benzene rings is 1. The van der Waals surface area contributed by atoms with E-state index in [0.29, 0.717) is 11.4 Å². The van der Waals surface area contributed by atoms with Crippen LogP contribution in [-0.2, 0) is 0 Å². The third-order valence-electron chi connectivity index (χ3n) is 2.77. The highest BCUT2D eigenvalue weighted by atomic mass is 79.9.